The lowest BCUT2D eigenvalue weighted by Crippen LogP contribution is -2.45. The van der Waals surface area contributed by atoms with Crippen LogP contribution in [0.5, 0.6) is 0 Å². The maximum absolute atomic E-state index is 12.9. The molecule has 0 heterocycles. The quantitative estimate of drug-likeness (QED) is 0.0244. The third-order valence-electron chi connectivity index (χ3n) is 11.0. The van der Waals surface area contributed by atoms with Crippen LogP contribution in [0.25, 0.3) is 0 Å². The molecule has 3 atom stereocenters. The van der Waals surface area contributed by atoms with E-state index in [1.165, 1.54) is 116 Å². The molecule has 61 heavy (non-hydrogen) atoms. The van der Waals surface area contributed by atoms with Gasteiger partial charge in [-0.25, -0.2) is 4.57 Å². The number of unbranched alkanes of at least 4 members (excludes halogenated alkanes) is 24. The van der Waals surface area contributed by atoms with E-state index in [4.69, 9.17) is 9.05 Å². The number of allylic oxidation sites excluding steroid dienone is 9. The molecule has 0 saturated carbocycles. The van der Waals surface area contributed by atoms with E-state index in [1.54, 1.807) is 6.08 Å². The Balaban J connectivity index is 4.36. The summed E-state index contributed by atoms with van der Waals surface area (Å²) in [6.45, 7) is 4.67. The number of nitrogens with zero attached hydrogens (tertiary/aromatic N) is 1. The van der Waals surface area contributed by atoms with Gasteiger partial charge >= 0.3 is 7.82 Å². The molecular formula is C52H98N2O6P+. The number of hydrogen-bond donors (Lipinski definition) is 3. The molecule has 0 aliphatic rings. The van der Waals surface area contributed by atoms with Crippen molar-refractivity contribution in [2.75, 3.05) is 40.9 Å². The lowest BCUT2D eigenvalue weighted by molar-refractivity contribution is -0.870. The molecule has 0 fully saturated rings. The largest absolute Gasteiger partial charge is 0.472 e. The topological polar surface area (TPSA) is 105 Å². The number of carbonyl (C=O) groups excluding carboxylic acids is 1. The summed E-state index contributed by atoms with van der Waals surface area (Å²) in [5.74, 6) is -0.205. The number of quaternary nitrogens is 1. The summed E-state index contributed by atoms with van der Waals surface area (Å²) in [4.78, 5) is 23.2. The zero-order valence-corrected chi connectivity index (χ0v) is 41.3. The predicted octanol–water partition coefficient (Wildman–Crippen LogP) is 14.6. The van der Waals surface area contributed by atoms with Crippen LogP contribution in [0.1, 0.15) is 213 Å². The molecule has 0 bridgehead atoms. The summed E-state index contributed by atoms with van der Waals surface area (Å²) in [6, 6.07) is -0.874. The minimum absolute atomic E-state index is 0.0502. The maximum Gasteiger partial charge on any atom is 0.472 e. The smallest absolute Gasteiger partial charge is 0.387 e. The molecule has 8 nitrogen and oxygen atoms in total. The number of likely N-dealkylation sites (N-methyl/N-ethyl adjacent to an activating group) is 1. The van der Waals surface area contributed by atoms with Crippen molar-refractivity contribution >= 4 is 13.7 Å². The summed E-state index contributed by atoms with van der Waals surface area (Å²) in [7, 11) is 1.54. The highest BCUT2D eigenvalue weighted by molar-refractivity contribution is 7.47. The molecule has 0 saturated heterocycles. The number of phosphoric acid groups is 1. The fraction of sp³-hybridized carbons (Fsp3) is 0.788. The van der Waals surface area contributed by atoms with Gasteiger partial charge in [0.25, 0.3) is 0 Å². The van der Waals surface area contributed by atoms with Crippen LogP contribution in [-0.2, 0) is 18.4 Å². The molecule has 0 rings (SSSR count). The van der Waals surface area contributed by atoms with Crippen molar-refractivity contribution in [3.05, 3.63) is 60.8 Å². The number of carbonyl (C=O) groups is 1. The fourth-order valence-electron chi connectivity index (χ4n) is 7.01. The lowest BCUT2D eigenvalue weighted by atomic mass is 10.0. The summed E-state index contributed by atoms with van der Waals surface area (Å²) < 4.78 is 23.6. The normalized spacial score (nSPS) is 14.7. The van der Waals surface area contributed by atoms with Gasteiger partial charge in [0.1, 0.15) is 13.2 Å². The molecule has 3 unspecified atom stereocenters. The lowest BCUT2D eigenvalue weighted by Gasteiger charge is -2.25. The van der Waals surface area contributed by atoms with Gasteiger partial charge in [0.15, 0.2) is 0 Å². The van der Waals surface area contributed by atoms with Crippen molar-refractivity contribution in [1.29, 1.82) is 0 Å². The molecule has 0 aromatic carbocycles. The van der Waals surface area contributed by atoms with Crippen molar-refractivity contribution in [3.8, 4) is 0 Å². The van der Waals surface area contributed by atoms with Gasteiger partial charge in [-0.3, -0.25) is 13.8 Å². The Bertz CT molecular complexity index is 1180. The molecule has 0 spiro atoms. The van der Waals surface area contributed by atoms with E-state index in [2.05, 4.69) is 67.8 Å². The number of rotatable bonds is 45. The fourth-order valence-corrected chi connectivity index (χ4v) is 7.75. The standard InChI is InChI=1S/C52H97N2O6P/c1-6-8-10-12-14-16-18-20-22-23-24-25-26-27-28-29-30-32-33-35-37-39-41-43-45-51(55)50(49-60-61(57,58)59-48-47-54(3,4)5)53-52(56)46-44-42-40-38-36-34-31-21-19-17-15-13-11-9-7-2/h9,11,15,17,21,31,35,37,43,45,50-51,55H,6-8,10,12-14,16,18-20,22-30,32-34,36,38-42,44,46-49H2,1-5H3,(H-,53,56,57,58)/p+1/b11-9-,17-15-,31-21-,37-35+,45-43+. The zero-order valence-electron chi connectivity index (χ0n) is 40.4. The van der Waals surface area contributed by atoms with Gasteiger partial charge in [-0.05, 0) is 64.2 Å². The van der Waals surface area contributed by atoms with Crippen molar-refractivity contribution in [2.45, 2.75) is 225 Å². The SMILES string of the molecule is CC/C=C\C/C=C\C/C=C\CCCCCCCC(=O)NC(COP(=O)(O)OCC[N+](C)(C)C)C(O)/C=C/CC/C=C/CCCCCCCCCCCCCCCCCCCC. The van der Waals surface area contributed by atoms with Crippen LogP contribution in [0.2, 0.25) is 0 Å². The number of hydrogen-bond acceptors (Lipinski definition) is 5. The average molecular weight is 878 g/mol. The molecule has 0 radical (unpaired) electrons. The Kier molecular flexibility index (Phi) is 42.2. The third-order valence-corrected chi connectivity index (χ3v) is 12.0. The second kappa shape index (κ2) is 43.5. The second-order valence-corrected chi connectivity index (χ2v) is 19.6. The Morgan fingerprint density at radius 3 is 1.51 bits per heavy atom. The van der Waals surface area contributed by atoms with E-state index in [9.17, 15) is 19.4 Å². The summed E-state index contributed by atoms with van der Waals surface area (Å²) in [6.07, 6.45) is 57.4. The molecule has 3 N–H and O–H groups in total. The van der Waals surface area contributed by atoms with Crippen LogP contribution in [0.4, 0.5) is 0 Å². The van der Waals surface area contributed by atoms with E-state index in [-0.39, 0.29) is 19.1 Å². The Labute approximate surface area is 377 Å². The molecule has 0 aromatic rings. The van der Waals surface area contributed by atoms with Gasteiger partial charge in [0.2, 0.25) is 5.91 Å². The highest BCUT2D eigenvalue weighted by Gasteiger charge is 2.27. The van der Waals surface area contributed by atoms with Crippen molar-refractivity contribution < 1.29 is 32.9 Å². The van der Waals surface area contributed by atoms with Crippen LogP contribution in [0, 0.1) is 0 Å². The second-order valence-electron chi connectivity index (χ2n) is 18.2. The summed E-state index contributed by atoms with van der Waals surface area (Å²) in [5.41, 5.74) is 0. The first-order valence-corrected chi connectivity index (χ1v) is 26.7. The van der Waals surface area contributed by atoms with Crippen LogP contribution in [0.15, 0.2) is 60.8 Å². The van der Waals surface area contributed by atoms with Crippen LogP contribution >= 0.6 is 7.82 Å². The number of nitrogens with one attached hydrogen (secondary N) is 1. The average Bonchev–Trinajstić information content (AvgIpc) is 3.21. The molecule has 0 aromatic heterocycles. The van der Waals surface area contributed by atoms with E-state index in [0.717, 1.165) is 77.0 Å². The van der Waals surface area contributed by atoms with E-state index in [1.807, 2.05) is 27.2 Å². The van der Waals surface area contributed by atoms with Crippen molar-refractivity contribution in [1.82, 2.24) is 5.32 Å². The molecular weight excluding hydrogens is 780 g/mol. The van der Waals surface area contributed by atoms with Crippen LogP contribution < -0.4 is 5.32 Å². The monoisotopic (exact) mass is 878 g/mol. The van der Waals surface area contributed by atoms with Gasteiger partial charge in [-0.2, -0.15) is 0 Å². The number of aliphatic hydroxyl groups is 1. The number of phosphoric ester groups is 1. The van der Waals surface area contributed by atoms with Crippen molar-refractivity contribution in [2.24, 2.45) is 0 Å². The zero-order chi connectivity index (χ0) is 45.0. The van der Waals surface area contributed by atoms with E-state index < -0.39 is 20.0 Å². The highest BCUT2D eigenvalue weighted by atomic mass is 31.2. The molecule has 0 aliphatic carbocycles. The Morgan fingerprint density at radius 1 is 0.574 bits per heavy atom. The minimum Gasteiger partial charge on any atom is -0.387 e. The van der Waals surface area contributed by atoms with Gasteiger partial charge in [0, 0.05) is 6.42 Å². The molecule has 356 valence electrons. The van der Waals surface area contributed by atoms with Crippen LogP contribution in [-0.4, -0.2) is 73.4 Å². The highest BCUT2D eigenvalue weighted by Crippen LogP contribution is 2.43. The Hall–Kier alpha value is -1.80. The van der Waals surface area contributed by atoms with E-state index >= 15 is 0 Å². The first-order valence-electron chi connectivity index (χ1n) is 25.2. The molecule has 1 amide bonds. The first kappa shape index (κ1) is 59.2. The van der Waals surface area contributed by atoms with E-state index in [0.29, 0.717) is 17.4 Å². The molecule has 9 heteroatoms. The maximum atomic E-state index is 12.9. The Morgan fingerprint density at radius 2 is 1.00 bits per heavy atom. The summed E-state index contributed by atoms with van der Waals surface area (Å²) >= 11 is 0. The van der Waals surface area contributed by atoms with Crippen LogP contribution in [0.3, 0.4) is 0 Å². The van der Waals surface area contributed by atoms with Crippen molar-refractivity contribution in [3.63, 3.8) is 0 Å². The first-order chi connectivity index (χ1) is 29.5. The third kappa shape index (κ3) is 46.0. The predicted molar refractivity (Wildman–Crippen MR) is 263 cm³/mol. The van der Waals surface area contributed by atoms with Gasteiger partial charge < -0.3 is 19.8 Å². The van der Waals surface area contributed by atoms with Gasteiger partial charge in [0.05, 0.1) is 39.9 Å². The summed E-state index contributed by atoms with van der Waals surface area (Å²) in [5, 5.41) is 13.8. The van der Waals surface area contributed by atoms with Gasteiger partial charge in [-0.15, -0.1) is 0 Å². The number of amides is 1. The number of aliphatic hydroxyl groups excluding tert-OH is 1. The van der Waals surface area contributed by atoms with Gasteiger partial charge in [-0.1, -0.05) is 203 Å². The minimum atomic E-state index is -4.36. The molecule has 0 aliphatic heterocycles.